The highest BCUT2D eigenvalue weighted by atomic mass is 14.5. The topological polar surface area (TPSA) is 0 Å². The lowest BCUT2D eigenvalue weighted by atomic mass is 9.55. The van der Waals surface area contributed by atoms with Crippen LogP contribution in [0, 0.1) is 12.3 Å². The Labute approximate surface area is 471 Å². The van der Waals surface area contributed by atoms with Crippen LogP contribution in [-0.2, 0) is 5.41 Å². The molecule has 8 aromatic rings. The minimum atomic E-state index is -1.70. The Bertz CT molecular complexity index is 4170. The van der Waals surface area contributed by atoms with Crippen LogP contribution in [0.3, 0.4) is 0 Å². The molecule has 10 rings (SSSR count). The first-order chi connectivity index (χ1) is 35.2. The van der Waals surface area contributed by atoms with Crippen LogP contribution in [0.1, 0.15) is 28.7 Å². The predicted molar refractivity (Wildman–Crippen MR) is 345 cm³/mol. The first kappa shape index (κ1) is 53.6. The maximum atomic E-state index is 7.48. The fourth-order valence-corrected chi connectivity index (χ4v) is 11.7. The number of terminal acetylenes is 1. The summed E-state index contributed by atoms with van der Waals surface area (Å²) in [7, 11) is 172. The van der Waals surface area contributed by atoms with Crippen LogP contribution in [-0.4, -0.2) is 196 Å². The first-order valence-electron chi connectivity index (χ1n) is 22.5. The molecular formula is C50H7B25. The fourth-order valence-electron chi connectivity index (χ4n) is 11.7. The smallest absolute Gasteiger partial charge is 0.116 e. The Morgan fingerprint density at radius 2 is 0.627 bits per heavy atom. The highest BCUT2D eigenvalue weighted by molar-refractivity contribution is 6.76. The lowest BCUT2D eigenvalue weighted by Crippen LogP contribution is -2.55. The van der Waals surface area contributed by atoms with Crippen LogP contribution in [0.15, 0.2) is 40.7 Å². The molecule has 0 aromatic heterocycles. The van der Waals surface area contributed by atoms with Gasteiger partial charge in [0.1, 0.15) is 196 Å². The van der Waals surface area contributed by atoms with Crippen LogP contribution >= 0.6 is 0 Å². The van der Waals surface area contributed by atoms with Crippen LogP contribution in [0.25, 0.3) is 71.3 Å². The molecule has 0 N–H and O–H groups in total. The van der Waals surface area contributed by atoms with Crippen LogP contribution in [0.4, 0.5) is 0 Å². The van der Waals surface area contributed by atoms with E-state index in [0.29, 0.717) is 11.1 Å². The van der Waals surface area contributed by atoms with Gasteiger partial charge in [-0.1, -0.05) is 112 Å². The van der Waals surface area contributed by atoms with Crippen LogP contribution in [0.2, 0.25) is 0 Å². The summed E-state index contributed by atoms with van der Waals surface area (Å²) in [5.41, 5.74) is -0.363. The Hall–Kier alpha value is -4.80. The van der Waals surface area contributed by atoms with Gasteiger partial charge in [-0.05, 0) is 99.9 Å². The quantitative estimate of drug-likeness (QED) is 0.0942. The molecule has 2 aliphatic rings. The molecule has 0 saturated heterocycles. The zero-order valence-corrected chi connectivity index (χ0v) is 40.0. The summed E-state index contributed by atoms with van der Waals surface area (Å²) in [6, 6.07) is 6.92. The second kappa shape index (κ2) is 18.1. The third kappa shape index (κ3) is 6.75. The van der Waals surface area contributed by atoms with E-state index < -0.39 is 5.41 Å². The second-order valence-corrected chi connectivity index (χ2v) is 18.8. The standard InChI is InChI=1S/C50H7B25/c1-2-11(51)27(53)26(52)10-7-50(23-13(10)30(56)42(68)48(74)38(23)64)24-15(22-25(50)40(66)49(75)47(73)37(22)63)12(29(55)41(67)39(24)65)8-5-3-4-6-9(8)14-28(54)16-17(32(58)31(14)57)19-21(36(62)46(72)44(70)34(19)60)20-18(16)33(59)43(69)45(71)35(20)61/h1,3-6H,7H2/b26-10-,27-11-. The van der Waals surface area contributed by atoms with Gasteiger partial charge in [0, 0.05) is 5.41 Å². The molecule has 0 amide bonds. The van der Waals surface area contributed by atoms with E-state index in [0.717, 1.165) is 0 Å². The third-order valence-corrected chi connectivity index (χ3v) is 15.4. The predicted octanol–water partition coefficient (Wildman–Crippen LogP) is -15.3. The van der Waals surface area contributed by atoms with Crippen molar-refractivity contribution in [2.45, 2.75) is 11.8 Å². The van der Waals surface area contributed by atoms with Gasteiger partial charge in [-0.3, -0.25) is 0 Å². The molecular weight excluding hydrogens is 871 g/mol. The van der Waals surface area contributed by atoms with Crippen molar-refractivity contribution >= 4 is 354 Å². The van der Waals surface area contributed by atoms with Crippen molar-refractivity contribution in [2.24, 2.45) is 0 Å². The molecule has 1 spiro atoms. The van der Waals surface area contributed by atoms with Crippen molar-refractivity contribution in [1.29, 1.82) is 0 Å². The SMILES string of the molecule is [B]/C(C#C)=C([B])/C([B])=C1\CC2(c3c([B])c([B])c([B])c([B])c31)c1c([B])c([B])c([B])c([B])c1-c1c(-c3ccccc3-c3c([B])c([B])c4c5c([B])c([B])c([B])c([B])c5c5c([B])c([B])c([B])c([B])c5c4c3[B])c([B])c([B])c([B])c12. The monoisotopic (exact) mass is 882 g/mol. The molecule has 0 nitrogen and oxygen atoms in total. The van der Waals surface area contributed by atoms with E-state index in [4.69, 9.17) is 203 Å². The Morgan fingerprint density at radius 3 is 1.05 bits per heavy atom. The van der Waals surface area contributed by atoms with Gasteiger partial charge in [-0.25, -0.2) is 0 Å². The zero-order chi connectivity index (χ0) is 55.0. The Morgan fingerprint density at radius 1 is 0.333 bits per heavy atom. The highest BCUT2D eigenvalue weighted by Crippen LogP contribution is 2.60. The van der Waals surface area contributed by atoms with Crippen molar-refractivity contribution in [1.82, 2.24) is 0 Å². The minimum absolute atomic E-state index is 0.000794. The number of rotatable bonds is 3. The van der Waals surface area contributed by atoms with Gasteiger partial charge in [0.05, 0.1) is 0 Å². The van der Waals surface area contributed by atoms with Gasteiger partial charge in [-0.15, -0.1) is 61.1 Å². The molecule has 0 heterocycles. The fraction of sp³-hybridized carbons (Fsp3) is 0.0400. The van der Waals surface area contributed by atoms with Crippen LogP contribution < -0.4 is 120 Å². The number of hydrogen-bond donors (Lipinski definition) is 0. The average molecular weight is 878 g/mol. The van der Waals surface area contributed by atoms with Gasteiger partial charge in [-0.2, -0.15) is 0 Å². The summed E-state index contributed by atoms with van der Waals surface area (Å²) in [4.78, 5) is 0. The van der Waals surface area contributed by atoms with Crippen LogP contribution in [0.5, 0.6) is 0 Å². The molecule has 75 heavy (non-hydrogen) atoms. The number of fused-ring (bicyclic) bond motifs is 13. The molecule has 0 bridgehead atoms. The van der Waals surface area contributed by atoms with Gasteiger partial charge < -0.3 is 0 Å². The van der Waals surface area contributed by atoms with Crippen molar-refractivity contribution in [3.8, 4) is 45.7 Å². The van der Waals surface area contributed by atoms with E-state index in [-0.39, 0.29) is 225 Å². The van der Waals surface area contributed by atoms with Crippen molar-refractivity contribution in [3.63, 3.8) is 0 Å². The molecule has 2 aliphatic carbocycles. The second-order valence-electron chi connectivity index (χ2n) is 18.8. The Balaban J connectivity index is 1.43. The van der Waals surface area contributed by atoms with Gasteiger partial charge in [0.15, 0.2) is 0 Å². The molecule has 50 radical (unpaired) electrons. The summed E-state index contributed by atoms with van der Waals surface area (Å²) in [5, 5.41) is 1.23. The van der Waals surface area contributed by atoms with E-state index in [1.54, 1.807) is 24.3 Å². The van der Waals surface area contributed by atoms with Gasteiger partial charge in [0.2, 0.25) is 0 Å². The van der Waals surface area contributed by atoms with E-state index in [1.165, 1.54) is 0 Å². The molecule has 8 aromatic carbocycles. The summed E-state index contributed by atoms with van der Waals surface area (Å²) in [5.74, 6) is 2.32. The normalized spacial score (nSPS) is 15.6. The number of allylic oxidation sites excluding steroid dienone is 4. The molecule has 282 valence electrons. The molecule has 1 atom stereocenters. The summed E-state index contributed by atoms with van der Waals surface area (Å²) < 4.78 is 0. The third-order valence-electron chi connectivity index (χ3n) is 15.4. The molecule has 0 fully saturated rings. The molecule has 1 unspecified atom stereocenters. The number of benzene rings is 8. The number of hydrogen-bond acceptors (Lipinski definition) is 0. The molecule has 25 heteroatoms. The molecule has 0 aliphatic heterocycles. The van der Waals surface area contributed by atoms with Crippen molar-refractivity contribution in [2.75, 3.05) is 0 Å². The maximum Gasteiger partial charge on any atom is 0.125 e. The van der Waals surface area contributed by atoms with E-state index in [2.05, 4.69) is 5.92 Å². The summed E-state index contributed by atoms with van der Waals surface area (Å²) >= 11 is 0. The average Bonchev–Trinajstić information content (AvgIpc) is 3.93. The summed E-state index contributed by atoms with van der Waals surface area (Å²) in [6.07, 6.45) is 5.52. The lowest BCUT2D eigenvalue weighted by Gasteiger charge is -2.36. The largest absolute Gasteiger partial charge is 0.125 e. The molecule has 0 saturated carbocycles. The lowest BCUT2D eigenvalue weighted by molar-refractivity contribution is 0.695. The summed E-state index contributed by atoms with van der Waals surface area (Å²) in [6.45, 7) is 0. The maximum absolute atomic E-state index is 7.48. The van der Waals surface area contributed by atoms with E-state index >= 15 is 0 Å². The van der Waals surface area contributed by atoms with Gasteiger partial charge >= 0.3 is 0 Å². The van der Waals surface area contributed by atoms with E-state index in [1.807, 2.05) is 0 Å². The van der Waals surface area contributed by atoms with Gasteiger partial charge in [0.25, 0.3) is 0 Å². The van der Waals surface area contributed by atoms with E-state index in [9.17, 15) is 0 Å². The zero-order valence-electron chi connectivity index (χ0n) is 40.0. The minimum Gasteiger partial charge on any atom is -0.116 e. The van der Waals surface area contributed by atoms with Crippen molar-refractivity contribution < 1.29 is 0 Å². The highest BCUT2D eigenvalue weighted by Gasteiger charge is 2.54. The van der Waals surface area contributed by atoms with Crippen molar-refractivity contribution in [3.05, 3.63) is 62.9 Å². The Kier molecular flexibility index (Phi) is 13.0. The first-order valence-corrected chi connectivity index (χ1v) is 22.5.